The summed E-state index contributed by atoms with van der Waals surface area (Å²) in [5.41, 5.74) is 4.62. The Kier molecular flexibility index (Phi) is 5.68. The molecule has 3 heterocycles. The van der Waals surface area contributed by atoms with Gasteiger partial charge in [-0.1, -0.05) is 29.8 Å². The minimum absolute atomic E-state index is 0.251. The molecule has 8 heteroatoms. The van der Waals surface area contributed by atoms with Gasteiger partial charge in [0.05, 0.1) is 18.1 Å². The summed E-state index contributed by atoms with van der Waals surface area (Å²) in [5, 5.41) is 0.816. The summed E-state index contributed by atoms with van der Waals surface area (Å²) < 4.78 is 34.0. The Morgan fingerprint density at radius 1 is 0.969 bits per heavy atom. The molecule has 2 aromatic carbocycles. The van der Waals surface area contributed by atoms with Crippen LogP contribution < -0.4 is 4.90 Å². The van der Waals surface area contributed by atoms with Crippen molar-refractivity contribution >= 4 is 49.3 Å². The highest BCUT2D eigenvalue weighted by atomic mass is 127. The number of benzene rings is 2. The maximum atomic E-state index is 13.2. The molecule has 0 saturated carbocycles. The molecule has 0 radical (unpaired) electrons. The second-order valence-electron chi connectivity index (χ2n) is 7.83. The number of anilines is 1. The predicted molar refractivity (Wildman–Crippen MR) is 135 cm³/mol. The molecule has 0 bridgehead atoms. The number of fused-ring (bicyclic) bond motifs is 1. The van der Waals surface area contributed by atoms with E-state index in [0.717, 1.165) is 52.0 Å². The second-order valence-corrected chi connectivity index (χ2v) is 10.8. The van der Waals surface area contributed by atoms with Gasteiger partial charge in [0, 0.05) is 45.7 Å². The zero-order valence-electron chi connectivity index (χ0n) is 17.5. The molecular weight excluding hydrogens is 537 g/mol. The molecule has 0 unspecified atom stereocenters. The van der Waals surface area contributed by atoms with E-state index >= 15 is 0 Å². The summed E-state index contributed by atoms with van der Waals surface area (Å²) in [7, 11) is -3.72. The van der Waals surface area contributed by atoms with Gasteiger partial charge in [-0.15, -0.1) is 0 Å². The van der Waals surface area contributed by atoms with E-state index in [1.807, 2.05) is 13.0 Å². The third kappa shape index (κ3) is 3.91. The Morgan fingerprint density at radius 3 is 2.34 bits per heavy atom. The lowest BCUT2D eigenvalue weighted by Gasteiger charge is -2.28. The van der Waals surface area contributed by atoms with Gasteiger partial charge in [0.1, 0.15) is 0 Å². The number of halogens is 1. The number of rotatable bonds is 4. The van der Waals surface area contributed by atoms with E-state index in [-0.39, 0.29) is 4.90 Å². The number of ether oxygens (including phenoxy) is 1. The highest BCUT2D eigenvalue weighted by Gasteiger charge is 2.22. The van der Waals surface area contributed by atoms with Gasteiger partial charge >= 0.3 is 0 Å². The largest absolute Gasteiger partial charge is 0.378 e. The summed E-state index contributed by atoms with van der Waals surface area (Å²) in [5.74, 6) is 0. The topological polar surface area (TPSA) is 64.4 Å². The van der Waals surface area contributed by atoms with Crippen molar-refractivity contribution in [3.63, 3.8) is 0 Å². The summed E-state index contributed by atoms with van der Waals surface area (Å²) >= 11 is 2.17. The highest BCUT2D eigenvalue weighted by molar-refractivity contribution is 14.1. The van der Waals surface area contributed by atoms with E-state index < -0.39 is 10.0 Å². The lowest BCUT2D eigenvalue weighted by molar-refractivity contribution is 0.122. The van der Waals surface area contributed by atoms with E-state index in [1.54, 1.807) is 36.7 Å². The lowest BCUT2D eigenvalue weighted by atomic mass is 10.1. The molecule has 0 atom stereocenters. The van der Waals surface area contributed by atoms with Crippen LogP contribution in [-0.4, -0.2) is 43.7 Å². The van der Waals surface area contributed by atoms with E-state index in [1.165, 1.54) is 9.66 Å². The summed E-state index contributed by atoms with van der Waals surface area (Å²) in [4.78, 5) is 7.12. The average Bonchev–Trinajstić information content (AvgIpc) is 3.17. The fraction of sp³-hybridized carbons (Fsp3) is 0.208. The minimum Gasteiger partial charge on any atom is -0.378 e. The molecule has 0 N–H and O–H groups in total. The summed E-state index contributed by atoms with van der Waals surface area (Å²) in [6, 6.07) is 17.3. The van der Waals surface area contributed by atoms with Crippen LogP contribution in [0.25, 0.3) is 22.2 Å². The maximum absolute atomic E-state index is 13.2. The maximum Gasteiger partial charge on any atom is 0.269 e. The summed E-state index contributed by atoms with van der Waals surface area (Å²) in [6.07, 6.45) is 3.38. The molecule has 4 aromatic rings. The number of aromatic nitrogens is 2. The molecule has 0 aliphatic carbocycles. The minimum atomic E-state index is -3.72. The SMILES string of the molecule is Cc1ccc(S(=O)(=O)n2cc(I)c3cc(-c4ccc(N5CCOCC5)cc4)cnc32)cc1. The zero-order chi connectivity index (χ0) is 22.3. The molecule has 32 heavy (non-hydrogen) atoms. The fourth-order valence-corrected chi connectivity index (χ4v) is 6.08. The van der Waals surface area contributed by atoms with Crippen LogP contribution in [0.2, 0.25) is 0 Å². The predicted octanol–water partition coefficient (Wildman–Crippen LogP) is 4.69. The van der Waals surface area contributed by atoms with Gasteiger partial charge in [-0.3, -0.25) is 0 Å². The molecule has 0 spiro atoms. The second kappa shape index (κ2) is 8.49. The Hall–Kier alpha value is -2.43. The first-order valence-corrected chi connectivity index (χ1v) is 12.9. The van der Waals surface area contributed by atoms with Crippen molar-refractivity contribution < 1.29 is 13.2 Å². The monoisotopic (exact) mass is 559 g/mol. The van der Waals surface area contributed by atoms with Crippen LogP contribution in [-0.2, 0) is 14.8 Å². The van der Waals surface area contributed by atoms with Gasteiger partial charge in [0.15, 0.2) is 5.65 Å². The Bertz CT molecular complexity index is 1370. The number of hydrogen-bond donors (Lipinski definition) is 0. The number of aryl methyl sites for hydroxylation is 1. The van der Waals surface area contributed by atoms with Crippen molar-refractivity contribution in [2.75, 3.05) is 31.2 Å². The van der Waals surface area contributed by atoms with Gasteiger partial charge in [0.2, 0.25) is 0 Å². The van der Waals surface area contributed by atoms with Crippen molar-refractivity contribution in [3.05, 3.63) is 76.1 Å². The standard InChI is InChI=1S/C24H22IN3O3S/c1-17-2-8-21(9-3-17)32(29,30)28-16-23(25)22-14-19(15-26-24(22)28)18-4-6-20(7-5-18)27-10-12-31-13-11-27/h2-9,14-16H,10-13H2,1H3. The molecule has 1 saturated heterocycles. The van der Waals surface area contributed by atoms with Crippen molar-refractivity contribution in [3.8, 4) is 11.1 Å². The average molecular weight is 559 g/mol. The molecular formula is C24H22IN3O3S. The van der Waals surface area contributed by atoms with Gasteiger partial charge in [0.25, 0.3) is 10.0 Å². The number of pyridine rings is 1. The van der Waals surface area contributed by atoms with Crippen LogP contribution in [0.3, 0.4) is 0 Å². The van der Waals surface area contributed by atoms with Crippen LogP contribution >= 0.6 is 22.6 Å². The zero-order valence-corrected chi connectivity index (χ0v) is 20.5. The molecule has 6 nitrogen and oxygen atoms in total. The molecule has 0 amide bonds. The number of hydrogen-bond acceptors (Lipinski definition) is 5. The van der Waals surface area contributed by atoms with Crippen LogP contribution in [0, 0.1) is 10.5 Å². The third-order valence-corrected chi connectivity index (χ3v) is 8.24. The Labute approximate surface area is 201 Å². The van der Waals surface area contributed by atoms with Crippen LogP contribution in [0.1, 0.15) is 5.56 Å². The van der Waals surface area contributed by atoms with Crippen LogP contribution in [0.15, 0.2) is 71.9 Å². The first kappa shape index (κ1) is 21.4. The quantitative estimate of drug-likeness (QED) is 0.340. The molecule has 2 aromatic heterocycles. The van der Waals surface area contributed by atoms with Gasteiger partial charge in [-0.05, 0) is 65.4 Å². The molecule has 1 fully saturated rings. The molecule has 5 rings (SSSR count). The van der Waals surface area contributed by atoms with Crippen molar-refractivity contribution in [2.24, 2.45) is 0 Å². The van der Waals surface area contributed by atoms with E-state index in [2.05, 4.69) is 56.7 Å². The Morgan fingerprint density at radius 2 is 1.66 bits per heavy atom. The third-order valence-electron chi connectivity index (χ3n) is 5.72. The number of morpholine rings is 1. The van der Waals surface area contributed by atoms with Crippen LogP contribution in [0.4, 0.5) is 5.69 Å². The highest BCUT2D eigenvalue weighted by Crippen LogP contribution is 2.30. The van der Waals surface area contributed by atoms with E-state index in [0.29, 0.717) is 5.65 Å². The first-order chi connectivity index (χ1) is 15.4. The fourth-order valence-electron chi connectivity index (χ4n) is 3.89. The van der Waals surface area contributed by atoms with Gasteiger partial charge in [-0.2, -0.15) is 0 Å². The molecule has 164 valence electrons. The number of nitrogens with zero attached hydrogens (tertiary/aromatic N) is 3. The normalized spacial score (nSPS) is 14.8. The molecule has 1 aliphatic rings. The van der Waals surface area contributed by atoms with Crippen molar-refractivity contribution in [1.29, 1.82) is 0 Å². The van der Waals surface area contributed by atoms with Crippen molar-refractivity contribution in [1.82, 2.24) is 8.96 Å². The van der Waals surface area contributed by atoms with Crippen molar-refractivity contribution in [2.45, 2.75) is 11.8 Å². The summed E-state index contributed by atoms with van der Waals surface area (Å²) in [6.45, 7) is 5.23. The van der Waals surface area contributed by atoms with Gasteiger partial charge in [-0.25, -0.2) is 17.4 Å². The lowest BCUT2D eigenvalue weighted by Crippen LogP contribution is -2.36. The smallest absolute Gasteiger partial charge is 0.269 e. The first-order valence-electron chi connectivity index (χ1n) is 10.4. The molecule has 1 aliphatic heterocycles. The van der Waals surface area contributed by atoms with E-state index in [4.69, 9.17) is 4.74 Å². The van der Waals surface area contributed by atoms with E-state index in [9.17, 15) is 8.42 Å². The Balaban J connectivity index is 1.50. The van der Waals surface area contributed by atoms with Crippen LogP contribution in [0.5, 0.6) is 0 Å². The van der Waals surface area contributed by atoms with Gasteiger partial charge < -0.3 is 9.64 Å².